The van der Waals surface area contributed by atoms with E-state index in [1.807, 2.05) is 25.1 Å². The van der Waals surface area contributed by atoms with Gasteiger partial charge in [-0.15, -0.1) is 0 Å². The highest BCUT2D eigenvalue weighted by Gasteiger charge is 2.11. The van der Waals surface area contributed by atoms with Crippen molar-refractivity contribution in [2.75, 3.05) is 32.9 Å². The van der Waals surface area contributed by atoms with E-state index < -0.39 is 0 Å². The van der Waals surface area contributed by atoms with Crippen molar-refractivity contribution in [2.24, 2.45) is 0 Å². The standard InChI is InChI=1S/C21H25ClN2O3/c1-16-11-19(22)5-6-20(16)27-15-21(25)23-13-17-3-2-4-18(12-17)14-24-7-9-26-10-8-24/h2-6,11-12H,7-10,13-15H2,1H3,(H,23,25). The molecule has 1 saturated heterocycles. The predicted octanol–water partition coefficient (Wildman–Crippen LogP) is 3.18. The average Bonchev–Trinajstić information content (AvgIpc) is 2.67. The molecule has 144 valence electrons. The zero-order valence-corrected chi connectivity index (χ0v) is 16.3. The third-order valence-electron chi connectivity index (χ3n) is 4.49. The first-order valence-electron chi connectivity index (χ1n) is 9.14. The Balaban J connectivity index is 1.46. The van der Waals surface area contributed by atoms with Crippen LogP contribution in [0.5, 0.6) is 5.75 Å². The summed E-state index contributed by atoms with van der Waals surface area (Å²) in [6.07, 6.45) is 0. The Labute approximate surface area is 165 Å². The summed E-state index contributed by atoms with van der Waals surface area (Å²) in [7, 11) is 0. The van der Waals surface area contributed by atoms with Crippen molar-refractivity contribution in [1.29, 1.82) is 0 Å². The van der Waals surface area contributed by atoms with Crippen molar-refractivity contribution >= 4 is 17.5 Å². The number of carbonyl (C=O) groups excluding carboxylic acids is 1. The first-order valence-corrected chi connectivity index (χ1v) is 9.51. The zero-order chi connectivity index (χ0) is 19.1. The monoisotopic (exact) mass is 388 g/mol. The van der Waals surface area contributed by atoms with Gasteiger partial charge in [0.25, 0.3) is 5.91 Å². The Bertz CT molecular complexity index is 776. The summed E-state index contributed by atoms with van der Waals surface area (Å²) in [5.41, 5.74) is 3.24. The molecule has 0 bridgehead atoms. The van der Waals surface area contributed by atoms with Crippen LogP contribution in [0.1, 0.15) is 16.7 Å². The number of morpholine rings is 1. The number of nitrogens with zero attached hydrogens (tertiary/aromatic N) is 1. The van der Waals surface area contributed by atoms with Gasteiger partial charge in [0.1, 0.15) is 5.75 Å². The van der Waals surface area contributed by atoms with Gasteiger partial charge in [-0.2, -0.15) is 0 Å². The molecule has 2 aromatic carbocycles. The van der Waals surface area contributed by atoms with E-state index in [1.165, 1.54) is 5.56 Å². The van der Waals surface area contributed by atoms with E-state index >= 15 is 0 Å². The number of benzene rings is 2. The second kappa shape index (κ2) is 9.74. The minimum absolute atomic E-state index is 0.0179. The number of aryl methyl sites for hydroxylation is 1. The summed E-state index contributed by atoms with van der Waals surface area (Å²) < 4.78 is 11.0. The van der Waals surface area contributed by atoms with E-state index in [1.54, 1.807) is 12.1 Å². The molecule has 0 radical (unpaired) electrons. The lowest BCUT2D eigenvalue weighted by Gasteiger charge is -2.26. The van der Waals surface area contributed by atoms with Crippen molar-refractivity contribution < 1.29 is 14.3 Å². The summed E-state index contributed by atoms with van der Waals surface area (Å²) in [4.78, 5) is 14.5. The summed E-state index contributed by atoms with van der Waals surface area (Å²) in [6, 6.07) is 13.7. The summed E-state index contributed by atoms with van der Waals surface area (Å²) in [5, 5.41) is 3.56. The fourth-order valence-corrected chi connectivity index (χ4v) is 3.25. The molecule has 1 aliphatic heterocycles. The average molecular weight is 389 g/mol. The first-order chi connectivity index (χ1) is 13.1. The summed E-state index contributed by atoms with van der Waals surface area (Å²) in [6.45, 7) is 6.79. The van der Waals surface area contributed by atoms with Gasteiger partial charge in [0.15, 0.2) is 6.61 Å². The van der Waals surface area contributed by atoms with Gasteiger partial charge in [0, 0.05) is 31.2 Å². The molecule has 1 heterocycles. The second-order valence-electron chi connectivity index (χ2n) is 6.68. The van der Waals surface area contributed by atoms with Gasteiger partial charge in [-0.25, -0.2) is 0 Å². The molecule has 3 rings (SSSR count). The van der Waals surface area contributed by atoms with E-state index in [4.69, 9.17) is 21.1 Å². The van der Waals surface area contributed by atoms with Crippen LogP contribution >= 0.6 is 11.6 Å². The predicted molar refractivity (Wildman–Crippen MR) is 106 cm³/mol. The van der Waals surface area contributed by atoms with Crippen molar-refractivity contribution in [3.05, 3.63) is 64.2 Å². The van der Waals surface area contributed by atoms with Crippen LogP contribution in [0.2, 0.25) is 5.02 Å². The van der Waals surface area contributed by atoms with Gasteiger partial charge in [0.05, 0.1) is 13.2 Å². The molecule has 5 nitrogen and oxygen atoms in total. The molecule has 0 aliphatic carbocycles. The Morgan fingerprint density at radius 2 is 1.96 bits per heavy atom. The van der Waals surface area contributed by atoms with E-state index in [0.29, 0.717) is 17.3 Å². The van der Waals surface area contributed by atoms with Crippen LogP contribution < -0.4 is 10.1 Å². The maximum Gasteiger partial charge on any atom is 0.258 e. The van der Waals surface area contributed by atoms with Gasteiger partial charge < -0.3 is 14.8 Å². The van der Waals surface area contributed by atoms with Crippen LogP contribution in [0.3, 0.4) is 0 Å². The van der Waals surface area contributed by atoms with E-state index in [-0.39, 0.29) is 12.5 Å². The highest BCUT2D eigenvalue weighted by atomic mass is 35.5. The zero-order valence-electron chi connectivity index (χ0n) is 15.5. The molecule has 0 unspecified atom stereocenters. The fourth-order valence-electron chi connectivity index (χ4n) is 3.03. The molecule has 2 aromatic rings. The lowest BCUT2D eigenvalue weighted by Crippen LogP contribution is -2.35. The van der Waals surface area contributed by atoms with Crippen LogP contribution in [0.4, 0.5) is 0 Å². The molecular weight excluding hydrogens is 364 g/mol. The normalized spacial score (nSPS) is 14.7. The van der Waals surface area contributed by atoms with E-state index in [9.17, 15) is 4.79 Å². The second-order valence-corrected chi connectivity index (χ2v) is 7.12. The minimum Gasteiger partial charge on any atom is -0.484 e. The van der Waals surface area contributed by atoms with Gasteiger partial charge in [-0.3, -0.25) is 9.69 Å². The number of ether oxygens (including phenoxy) is 2. The molecule has 6 heteroatoms. The van der Waals surface area contributed by atoms with Gasteiger partial charge >= 0.3 is 0 Å². The summed E-state index contributed by atoms with van der Waals surface area (Å²) >= 11 is 5.93. The highest BCUT2D eigenvalue weighted by molar-refractivity contribution is 6.30. The maximum absolute atomic E-state index is 12.1. The van der Waals surface area contributed by atoms with Crippen molar-refractivity contribution in [2.45, 2.75) is 20.0 Å². The molecule has 0 spiro atoms. The molecule has 1 aliphatic rings. The highest BCUT2D eigenvalue weighted by Crippen LogP contribution is 2.21. The number of halogens is 1. The molecular formula is C21H25ClN2O3. The Morgan fingerprint density at radius 1 is 1.19 bits per heavy atom. The van der Waals surface area contributed by atoms with Gasteiger partial charge in [-0.05, 0) is 41.8 Å². The number of hydrogen-bond acceptors (Lipinski definition) is 4. The lowest BCUT2D eigenvalue weighted by molar-refractivity contribution is -0.123. The Hall–Kier alpha value is -2.08. The van der Waals surface area contributed by atoms with Crippen LogP contribution in [0, 0.1) is 6.92 Å². The fraction of sp³-hybridized carbons (Fsp3) is 0.381. The molecule has 0 atom stereocenters. The Morgan fingerprint density at radius 3 is 2.74 bits per heavy atom. The van der Waals surface area contributed by atoms with Crippen LogP contribution in [-0.2, 0) is 22.6 Å². The molecule has 1 amide bonds. The smallest absolute Gasteiger partial charge is 0.258 e. The summed E-state index contributed by atoms with van der Waals surface area (Å²) in [5.74, 6) is 0.519. The Kier molecular flexibility index (Phi) is 7.10. The largest absolute Gasteiger partial charge is 0.484 e. The number of nitrogens with one attached hydrogen (secondary N) is 1. The topological polar surface area (TPSA) is 50.8 Å². The molecule has 27 heavy (non-hydrogen) atoms. The number of carbonyl (C=O) groups is 1. The number of rotatable bonds is 7. The van der Waals surface area contributed by atoms with E-state index in [2.05, 4.69) is 22.3 Å². The maximum atomic E-state index is 12.1. The van der Waals surface area contributed by atoms with Gasteiger partial charge in [0.2, 0.25) is 0 Å². The molecule has 1 fully saturated rings. The van der Waals surface area contributed by atoms with Crippen LogP contribution in [0.25, 0.3) is 0 Å². The van der Waals surface area contributed by atoms with E-state index in [0.717, 1.165) is 44.0 Å². The van der Waals surface area contributed by atoms with Crippen molar-refractivity contribution in [1.82, 2.24) is 10.2 Å². The lowest BCUT2D eigenvalue weighted by atomic mass is 10.1. The van der Waals surface area contributed by atoms with Crippen molar-refractivity contribution in [3.8, 4) is 5.75 Å². The third-order valence-corrected chi connectivity index (χ3v) is 4.72. The number of hydrogen-bond donors (Lipinski definition) is 1. The molecule has 0 aromatic heterocycles. The number of amides is 1. The van der Waals surface area contributed by atoms with Crippen LogP contribution in [0.15, 0.2) is 42.5 Å². The minimum atomic E-state index is -0.150. The molecule has 0 saturated carbocycles. The van der Waals surface area contributed by atoms with Crippen molar-refractivity contribution in [3.63, 3.8) is 0 Å². The first kappa shape index (κ1) is 19.7. The quantitative estimate of drug-likeness (QED) is 0.791. The molecule has 1 N–H and O–H groups in total. The van der Waals surface area contributed by atoms with Crippen LogP contribution in [-0.4, -0.2) is 43.7 Å². The van der Waals surface area contributed by atoms with Gasteiger partial charge in [-0.1, -0.05) is 35.9 Å². The SMILES string of the molecule is Cc1cc(Cl)ccc1OCC(=O)NCc1cccc(CN2CCOCC2)c1. The third kappa shape index (κ3) is 6.24.